The molecule has 3 aromatic rings. The zero-order valence-corrected chi connectivity index (χ0v) is 17.2. The Kier molecular flexibility index (Phi) is 6.98. The van der Waals surface area contributed by atoms with Gasteiger partial charge in [-0.2, -0.15) is 9.94 Å². The lowest BCUT2D eigenvalue weighted by Gasteiger charge is -2.12. The van der Waals surface area contributed by atoms with Crippen LogP contribution in [0.4, 0.5) is 5.69 Å². The average molecular weight is 407 g/mol. The van der Waals surface area contributed by atoms with Crippen LogP contribution in [0.2, 0.25) is 0 Å². The van der Waals surface area contributed by atoms with Crippen molar-refractivity contribution in [3.05, 3.63) is 59.7 Å². The topological polar surface area (TPSA) is 96.5 Å². The summed E-state index contributed by atoms with van der Waals surface area (Å²) >= 11 is 1.29. The number of aromatic nitrogens is 4. The van der Waals surface area contributed by atoms with Gasteiger partial charge in [-0.15, -0.1) is 5.10 Å². The lowest BCUT2D eigenvalue weighted by atomic mass is 10.1. The largest absolute Gasteiger partial charge is 0.325 e. The summed E-state index contributed by atoms with van der Waals surface area (Å²) in [6, 6.07) is 17.0. The quantitative estimate of drug-likeness (QED) is 0.568. The molecule has 0 aliphatic heterocycles. The molecule has 0 aliphatic carbocycles. The van der Waals surface area contributed by atoms with Crippen LogP contribution < -0.4 is 5.32 Å². The number of nitrogens with one attached hydrogen (secondary N) is 1. The molecular formula is C21H22N6OS. The molecular weight excluding hydrogens is 384 g/mol. The third-order valence-corrected chi connectivity index (χ3v) is 5.41. The van der Waals surface area contributed by atoms with E-state index in [2.05, 4.69) is 46.0 Å². The molecule has 0 unspecified atom stereocenters. The molecule has 2 aromatic carbocycles. The van der Waals surface area contributed by atoms with Crippen molar-refractivity contribution in [2.75, 3.05) is 5.32 Å². The fourth-order valence-corrected chi connectivity index (χ4v) is 3.49. The minimum atomic E-state index is -0.403. The van der Waals surface area contributed by atoms with Gasteiger partial charge >= 0.3 is 0 Å². The maximum atomic E-state index is 12.5. The Labute approximate surface area is 174 Å². The molecule has 1 amide bonds. The number of anilines is 1. The van der Waals surface area contributed by atoms with Crippen molar-refractivity contribution in [2.24, 2.45) is 0 Å². The minimum absolute atomic E-state index is 0.163. The molecule has 0 spiro atoms. The van der Waals surface area contributed by atoms with E-state index in [9.17, 15) is 4.79 Å². The van der Waals surface area contributed by atoms with Gasteiger partial charge in [-0.25, -0.2) is 0 Å². The number of hydrogen-bond donors (Lipinski definition) is 1. The lowest BCUT2D eigenvalue weighted by molar-refractivity contribution is -0.115. The summed E-state index contributed by atoms with van der Waals surface area (Å²) in [7, 11) is 0. The minimum Gasteiger partial charge on any atom is -0.325 e. The molecule has 29 heavy (non-hydrogen) atoms. The fourth-order valence-electron chi connectivity index (χ4n) is 2.68. The Hall–Kier alpha value is -3.18. The monoisotopic (exact) mass is 406 g/mol. The van der Waals surface area contributed by atoms with Crippen LogP contribution in [0.1, 0.15) is 37.8 Å². The van der Waals surface area contributed by atoms with Crippen LogP contribution in [0, 0.1) is 11.3 Å². The Morgan fingerprint density at radius 3 is 2.59 bits per heavy atom. The van der Waals surface area contributed by atoms with E-state index >= 15 is 0 Å². The number of carbonyl (C=O) groups excluding carboxylic acids is 1. The number of amides is 1. The first-order valence-corrected chi connectivity index (χ1v) is 10.3. The molecule has 0 radical (unpaired) electrons. The molecule has 1 atom stereocenters. The van der Waals surface area contributed by atoms with Gasteiger partial charge in [-0.1, -0.05) is 37.2 Å². The Morgan fingerprint density at radius 1 is 1.21 bits per heavy atom. The highest BCUT2D eigenvalue weighted by atomic mass is 32.2. The predicted octanol–water partition coefficient (Wildman–Crippen LogP) is 4.00. The summed E-state index contributed by atoms with van der Waals surface area (Å²) in [4.78, 5) is 12.5. The zero-order valence-electron chi connectivity index (χ0n) is 16.4. The second-order valence-electron chi connectivity index (χ2n) is 6.58. The van der Waals surface area contributed by atoms with Gasteiger partial charge in [-0.05, 0) is 72.2 Å². The molecule has 1 N–H and O–H groups in total. The predicted molar refractivity (Wildman–Crippen MR) is 113 cm³/mol. The van der Waals surface area contributed by atoms with Crippen LogP contribution in [0.3, 0.4) is 0 Å². The second kappa shape index (κ2) is 9.85. The van der Waals surface area contributed by atoms with Crippen molar-refractivity contribution in [1.29, 1.82) is 5.26 Å². The van der Waals surface area contributed by atoms with Gasteiger partial charge < -0.3 is 5.32 Å². The van der Waals surface area contributed by atoms with Crippen LogP contribution in [-0.4, -0.2) is 31.4 Å². The van der Waals surface area contributed by atoms with Crippen molar-refractivity contribution >= 4 is 23.4 Å². The zero-order chi connectivity index (χ0) is 20.6. The summed E-state index contributed by atoms with van der Waals surface area (Å²) in [6.07, 6.45) is 3.38. The molecule has 7 nitrogen and oxygen atoms in total. The SMILES string of the molecule is CCCCc1ccc(-n2nnnc2S[C@H](C)C(=O)Nc2ccc(C#N)cc2)cc1. The summed E-state index contributed by atoms with van der Waals surface area (Å²) in [5, 5.41) is 23.7. The molecule has 3 rings (SSSR count). The number of unbranched alkanes of at least 4 members (excludes halogenated alkanes) is 1. The van der Waals surface area contributed by atoms with Crippen molar-refractivity contribution in [1.82, 2.24) is 20.2 Å². The van der Waals surface area contributed by atoms with Gasteiger partial charge in [0.2, 0.25) is 11.1 Å². The highest BCUT2D eigenvalue weighted by Crippen LogP contribution is 2.24. The second-order valence-corrected chi connectivity index (χ2v) is 7.89. The van der Waals surface area contributed by atoms with E-state index < -0.39 is 5.25 Å². The normalized spacial score (nSPS) is 11.6. The van der Waals surface area contributed by atoms with Crippen LogP contribution in [-0.2, 0) is 11.2 Å². The smallest absolute Gasteiger partial charge is 0.237 e. The molecule has 148 valence electrons. The number of nitrogens with zero attached hydrogens (tertiary/aromatic N) is 5. The number of tetrazole rings is 1. The summed E-state index contributed by atoms with van der Waals surface area (Å²) in [5.41, 5.74) is 3.33. The van der Waals surface area contributed by atoms with Gasteiger partial charge in [0, 0.05) is 5.69 Å². The van der Waals surface area contributed by atoms with E-state index in [0.717, 1.165) is 24.9 Å². The third-order valence-electron chi connectivity index (χ3n) is 4.37. The first kappa shape index (κ1) is 20.6. The molecule has 0 saturated carbocycles. The van der Waals surface area contributed by atoms with Gasteiger partial charge in [0.05, 0.1) is 22.6 Å². The van der Waals surface area contributed by atoms with E-state index in [0.29, 0.717) is 16.4 Å². The van der Waals surface area contributed by atoms with Crippen molar-refractivity contribution in [2.45, 2.75) is 43.5 Å². The number of carbonyl (C=O) groups is 1. The van der Waals surface area contributed by atoms with Crippen LogP contribution >= 0.6 is 11.8 Å². The van der Waals surface area contributed by atoms with E-state index in [1.54, 1.807) is 35.9 Å². The van der Waals surface area contributed by atoms with Gasteiger partial charge in [0.15, 0.2) is 0 Å². The summed E-state index contributed by atoms with van der Waals surface area (Å²) in [5.74, 6) is -0.163. The molecule has 0 saturated heterocycles. The number of aryl methyl sites for hydroxylation is 1. The number of benzene rings is 2. The Morgan fingerprint density at radius 2 is 1.93 bits per heavy atom. The third kappa shape index (κ3) is 5.42. The molecule has 1 aromatic heterocycles. The van der Waals surface area contributed by atoms with Gasteiger partial charge in [0.1, 0.15) is 0 Å². The van der Waals surface area contributed by atoms with Crippen molar-refractivity contribution < 1.29 is 4.79 Å². The van der Waals surface area contributed by atoms with E-state index in [1.807, 2.05) is 12.1 Å². The maximum absolute atomic E-state index is 12.5. The first-order chi connectivity index (χ1) is 14.1. The van der Waals surface area contributed by atoms with Crippen LogP contribution in [0.5, 0.6) is 0 Å². The lowest BCUT2D eigenvalue weighted by Crippen LogP contribution is -2.22. The summed E-state index contributed by atoms with van der Waals surface area (Å²) in [6.45, 7) is 3.98. The molecule has 0 bridgehead atoms. The maximum Gasteiger partial charge on any atom is 0.237 e. The number of nitriles is 1. The molecule has 8 heteroatoms. The average Bonchev–Trinajstić information content (AvgIpc) is 3.21. The van der Waals surface area contributed by atoms with Crippen LogP contribution in [0.15, 0.2) is 53.7 Å². The molecule has 0 fully saturated rings. The Balaban J connectivity index is 1.65. The van der Waals surface area contributed by atoms with Crippen molar-refractivity contribution in [3.8, 4) is 11.8 Å². The van der Waals surface area contributed by atoms with E-state index in [-0.39, 0.29) is 5.91 Å². The number of hydrogen-bond acceptors (Lipinski definition) is 6. The fraction of sp³-hybridized carbons (Fsp3) is 0.286. The van der Waals surface area contributed by atoms with E-state index in [4.69, 9.17) is 5.26 Å². The molecule has 1 heterocycles. The Bertz CT molecular complexity index is 991. The van der Waals surface area contributed by atoms with Gasteiger partial charge in [0.25, 0.3) is 0 Å². The first-order valence-electron chi connectivity index (χ1n) is 9.46. The van der Waals surface area contributed by atoms with Crippen molar-refractivity contribution in [3.63, 3.8) is 0 Å². The highest BCUT2D eigenvalue weighted by molar-refractivity contribution is 8.00. The van der Waals surface area contributed by atoms with Gasteiger partial charge in [-0.3, -0.25) is 4.79 Å². The summed E-state index contributed by atoms with van der Waals surface area (Å²) < 4.78 is 1.64. The van der Waals surface area contributed by atoms with E-state index in [1.165, 1.54) is 17.3 Å². The standard InChI is InChI=1S/C21H22N6OS/c1-3-4-5-16-8-12-19(13-9-16)27-21(24-25-26-27)29-15(2)20(28)23-18-10-6-17(14-22)7-11-18/h6-13,15H,3-5H2,1-2H3,(H,23,28)/t15-/m1/s1. The highest BCUT2D eigenvalue weighted by Gasteiger charge is 2.19. The molecule has 0 aliphatic rings. The number of thioether (sulfide) groups is 1. The van der Waals surface area contributed by atoms with Crippen LogP contribution in [0.25, 0.3) is 5.69 Å². The number of rotatable bonds is 8.